The van der Waals surface area contributed by atoms with Gasteiger partial charge in [0.25, 0.3) is 0 Å². The first-order valence-corrected chi connectivity index (χ1v) is 7.45. The maximum absolute atomic E-state index is 13.7. The maximum atomic E-state index is 13.7. The first kappa shape index (κ1) is 12.7. The monoisotopic (exact) mass is 273 g/mol. The van der Waals surface area contributed by atoms with E-state index >= 15 is 0 Å². The molecule has 2 unspecified atom stereocenters. The summed E-state index contributed by atoms with van der Waals surface area (Å²) in [4.78, 5) is 1.32. The summed E-state index contributed by atoms with van der Waals surface area (Å²) in [7, 11) is 0. The Morgan fingerprint density at radius 3 is 2.74 bits per heavy atom. The Bertz CT molecular complexity index is 584. The van der Waals surface area contributed by atoms with Gasteiger partial charge in [-0.1, -0.05) is 36.4 Å². The summed E-state index contributed by atoms with van der Waals surface area (Å²) in [6.07, 6.45) is 0.590. The molecule has 1 nitrogen and oxygen atoms in total. The molecule has 0 amide bonds. The van der Waals surface area contributed by atoms with Crippen LogP contribution in [0.25, 0.3) is 0 Å². The van der Waals surface area contributed by atoms with Gasteiger partial charge >= 0.3 is 0 Å². The topological polar surface area (TPSA) is 26.0 Å². The molecule has 2 N–H and O–H groups in total. The van der Waals surface area contributed by atoms with Gasteiger partial charge in [-0.15, -0.1) is 11.8 Å². The van der Waals surface area contributed by atoms with E-state index in [0.717, 1.165) is 5.75 Å². The van der Waals surface area contributed by atoms with E-state index in [1.54, 1.807) is 6.07 Å². The van der Waals surface area contributed by atoms with E-state index in [-0.39, 0.29) is 11.9 Å². The SMILES string of the molecule is NC(Cc1ccccc1F)C1CSc2ccccc21. The van der Waals surface area contributed by atoms with Gasteiger partial charge in [-0.05, 0) is 29.7 Å². The van der Waals surface area contributed by atoms with Crippen LogP contribution in [0.4, 0.5) is 4.39 Å². The molecule has 0 saturated heterocycles. The van der Waals surface area contributed by atoms with E-state index in [9.17, 15) is 4.39 Å². The lowest BCUT2D eigenvalue weighted by molar-refractivity contribution is 0.544. The number of fused-ring (bicyclic) bond motifs is 1. The average molecular weight is 273 g/mol. The van der Waals surface area contributed by atoms with Crippen molar-refractivity contribution in [2.75, 3.05) is 5.75 Å². The largest absolute Gasteiger partial charge is 0.327 e. The molecule has 0 aromatic heterocycles. The molecule has 19 heavy (non-hydrogen) atoms. The lowest BCUT2D eigenvalue weighted by atomic mass is 9.90. The van der Waals surface area contributed by atoms with Gasteiger partial charge in [0, 0.05) is 22.6 Å². The second-order valence-corrected chi connectivity index (χ2v) is 5.98. The number of thioether (sulfide) groups is 1. The number of benzene rings is 2. The summed E-state index contributed by atoms with van der Waals surface area (Å²) in [6, 6.07) is 15.2. The molecule has 98 valence electrons. The summed E-state index contributed by atoms with van der Waals surface area (Å²) < 4.78 is 13.7. The number of hydrogen-bond acceptors (Lipinski definition) is 2. The Hall–Kier alpha value is -1.32. The van der Waals surface area contributed by atoms with Crippen LogP contribution in [0.3, 0.4) is 0 Å². The number of rotatable bonds is 3. The fourth-order valence-corrected chi connectivity index (χ4v) is 3.95. The summed E-state index contributed by atoms with van der Waals surface area (Å²) >= 11 is 1.85. The molecule has 0 aliphatic carbocycles. The van der Waals surface area contributed by atoms with Crippen molar-refractivity contribution < 1.29 is 4.39 Å². The Labute approximate surface area is 117 Å². The van der Waals surface area contributed by atoms with E-state index < -0.39 is 0 Å². The van der Waals surface area contributed by atoms with Crippen molar-refractivity contribution in [2.24, 2.45) is 5.73 Å². The molecule has 1 heterocycles. The van der Waals surface area contributed by atoms with Crippen molar-refractivity contribution in [3.8, 4) is 0 Å². The Morgan fingerprint density at radius 1 is 1.16 bits per heavy atom. The average Bonchev–Trinajstić information content (AvgIpc) is 2.85. The summed E-state index contributed by atoms with van der Waals surface area (Å²) in [5.41, 5.74) is 8.34. The highest BCUT2D eigenvalue weighted by molar-refractivity contribution is 7.99. The van der Waals surface area contributed by atoms with E-state index in [1.165, 1.54) is 16.5 Å². The fourth-order valence-electron chi connectivity index (χ4n) is 2.60. The summed E-state index contributed by atoms with van der Waals surface area (Å²) in [6.45, 7) is 0. The van der Waals surface area contributed by atoms with Crippen LogP contribution in [-0.4, -0.2) is 11.8 Å². The van der Waals surface area contributed by atoms with E-state index in [2.05, 4.69) is 18.2 Å². The third-order valence-electron chi connectivity index (χ3n) is 3.67. The Balaban J connectivity index is 1.79. The fraction of sp³-hybridized carbons (Fsp3) is 0.250. The zero-order valence-electron chi connectivity index (χ0n) is 10.6. The van der Waals surface area contributed by atoms with E-state index in [4.69, 9.17) is 5.73 Å². The van der Waals surface area contributed by atoms with Crippen LogP contribution in [0.15, 0.2) is 53.4 Å². The van der Waals surface area contributed by atoms with E-state index in [0.29, 0.717) is 17.9 Å². The van der Waals surface area contributed by atoms with Crippen molar-refractivity contribution in [3.63, 3.8) is 0 Å². The smallest absolute Gasteiger partial charge is 0.126 e. The van der Waals surface area contributed by atoms with Gasteiger partial charge < -0.3 is 5.73 Å². The highest BCUT2D eigenvalue weighted by Gasteiger charge is 2.28. The van der Waals surface area contributed by atoms with Gasteiger partial charge in [0.15, 0.2) is 0 Å². The predicted molar refractivity (Wildman–Crippen MR) is 78.0 cm³/mol. The number of halogens is 1. The first-order valence-electron chi connectivity index (χ1n) is 6.46. The van der Waals surface area contributed by atoms with Crippen molar-refractivity contribution in [1.29, 1.82) is 0 Å². The quantitative estimate of drug-likeness (QED) is 0.925. The van der Waals surface area contributed by atoms with Crippen LogP contribution in [0.1, 0.15) is 17.0 Å². The zero-order valence-corrected chi connectivity index (χ0v) is 11.4. The molecule has 0 saturated carbocycles. The lowest BCUT2D eigenvalue weighted by Crippen LogP contribution is -2.31. The molecule has 0 fully saturated rings. The molecule has 2 aromatic rings. The van der Waals surface area contributed by atoms with Crippen LogP contribution in [-0.2, 0) is 6.42 Å². The van der Waals surface area contributed by atoms with Crippen LogP contribution < -0.4 is 5.73 Å². The van der Waals surface area contributed by atoms with Crippen molar-refractivity contribution in [1.82, 2.24) is 0 Å². The Morgan fingerprint density at radius 2 is 1.89 bits per heavy atom. The normalized spacial score (nSPS) is 19.2. The standard InChI is InChI=1S/C16H16FNS/c17-14-7-3-1-5-11(14)9-15(18)13-10-19-16-8-4-2-6-12(13)16/h1-8,13,15H,9-10,18H2. The second-order valence-electron chi connectivity index (χ2n) is 4.91. The third kappa shape index (κ3) is 2.53. The van der Waals surface area contributed by atoms with Crippen molar-refractivity contribution in [2.45, 2.75) is 23.3 Å². The lowest BCUT2D eigenvalue weighted by Gasteiger charge is -2.20. The maximum Gasteiger partial charge on any atom is 0.126 e. The van der Waals surface area contributed by atoms with E-state index in [1.807, 2.05) is 30.0 Å². The molecule has 3 heteroatoms. The van der Waals surface area contributed by atoms with Gasteiger partial charge in [-0.3, -0.25) is 0 Å². The van der Waals surface area contributed by atoms with Gasteiger partial charge in [0.1, 0.15) is 5.82 Å². The Kier molecular flexibility index (Phi) is 3.58. The van der Waals surface area contributed by atoms with Gasteiger partial charge in [-0.2, -0.15) is 0 Å². The number of nitrogens with two attached hydrogens (primary N) is 1. The van der Waals surface area contributed by atoms with Gasteiger partial charge in [0.2, 0.25) is 0 Å². The van der Waals surface area contributed by atoms with Crippen molar-refractivity contribution in [3.05, 3.63) is 65.5 Å². The van der Waals surface area contributed by atoms with Gasteiger partial charge in [-0.25, -0.2) is 4.39 Å². The third-order valence-corrected chi connectivity index (χ3v) is 4.88. The first-order chi connectivity index (χ1) is 9.25. The van der Waals surface area contributed by atoms with Crippen LogP contribution in [0.5, 0.6) is 0 Å². The second kappa shape index (κ2) is 5.35. The molecule has 2 atom stereocenters. The minimum atomic E-state index is -0.156. The van der Waals surface area contributed by atoms with Crippen LogP contribution in [0.2, 0.25) is 0 Å². The number of hydrogen-bond donors (Lipinski definition) is 1. The van der Waals surface area contributed by atoms with Crippen LogP contribution >= 0.6 is 11.8 Å². The highest BCUT2D eigenvalue weighted by atomic mass is 32.2. The molecular weight excluding hydrogens is 257 g/mol. The summed E-state index contributed by atoms with van der Waals surface area (Å²) in [5, 5.41) is 0. The predicted octanol–water partition coefficient (Wildman–Crippen LogP) is 3.59. The zero-order chi connectivity index (χ0) is 13.2. The molecular formula is C16H16FNS. The molecule has 1 aliphatic heterocycles. The van der Waals surface area contributed by atoms with Crippen molar-refractivity contribution >= 4 is 11.8 Å². The minimum absolute atomic E-state index is 0.0342. The molecule has 1 aliphatic rings. The molecule has 0 spiro atoms. The molecule has 2 aromatic carbocycles. The molecule has 3 rings (SSSR count). The minimum Gasteiger partial charge on any atom is -0.327 e. The highest BCUT2D eigenvalue weighted by Crippen LogP contribution is 2.41. The summed E-state index contributed by atoms with van der Waals surface area (Å²) in [5.74, 6) is 1.16. The van der Waals surface area contributed by atoms with Crippen LogP contribution in [0, 0.1) is 5.82 Å². The molecule has 0 radical (unpaired) electrons. The molecule has 0 bridgehead atoms. The van der Waals surface area contributed by atoms with Gasteiger partial charge in [0.05, 0.1) is 0 Å².